The monoisotopic (exact) mass is 347 g/mol. The van der Waals surface area contributed by atoms with E-state index in [0.29, 0.717) is 24.3 Å². The quantitative estimate of drug-likeness (QED) is 0.851. The highest BCUT2D eigenvalue weighted by Gasteiger charge is 2.35. The highest BCUT2D eigenvalue weighted by molar-refractivity contribution is 5.74. The number of nitrogens with zero attached hydrogens (tertiary/aromatic N) is 2. The molecule has 3 rings (SSSR count). The summed E-state index contributed by atoms with van der Waals surface area (Å²) in [6, 6.07) is 8.25. The first-order valence-corrected chi connectivity index (χ1v) is 9.23. The lowest BCUT2D eigenvalue weighted by atomic mass is 9.84. The van der Waals surface area contributed by atoms with Crippen LogP contribution in [0.3, 0.4) is 0 Å². The smallest absolute Gasteiger partial charge is 0.317 e. The highest BCUT2D eigenvalue weighted by atomic mass is 16.5. The van der Waals surface area contributed by atoms with Gasteiger partial charge in [-0.05, 0) is 44.8 Å². The summed E-state index contributed by atoms with van der Waals surface area (Å²) < 4.78 is 5.53. The Balaban J connectivity index is 1.53. The number of benzene rings is 1. The number of amides is 2. The van der Waals surface area contributed by atoms with E-state index in [1.165, 1.54) is 19.4 Å². The summed E-state index contributed by atoms with van der Waals surface area (Å²) in [7, 11) is 2.20. The van der Waals surface area contributed by atoms with Crippen molar-refractivity contribution in [3.8, 4) is 5.75 Å². The molecule has 0 radical (unpaired) electrons. The normalized spacial score (nSPS) is 23.8. The minimum Gasteiger partial charge on any atom is -0.491 e. The van der Waals surface area contributed by atoms with Crippen molar-refractivity contribution in [1.82, 2.24) is 15.1 Å². The molecule has 2 fully saturated rings. The summed E-state index contributed by atoms with van der Waals surface area (Å²) in [5.41, 5.74) is 0.927. The number of urea groups is 1. The van der Waals surface area contributed by atoms with Gasteiger partial charge in [0.25, 0.3) is 0 Å². The van der Waals surface area contributed by atoms with E-state index in [2.05, 4.69) is 17.3 Å². The lowest BCUT2D eigenvalue weighted by molar-refractivity contribution is 0.0515. The lowest BCUT2D eigenvalue weighted by Gasteiger charge is -2.45. The Morgan fingerprint density at radius 3 is 3.00 bits per heavy atom. The number of hydrogen-bond donors (Lipinski definition) is 2. The molecule has 2 aliphatic heterocycles. The first-order valence-electron chi connectivity index (χ1n) is 9.23. The second-order valence-corrected chi connectivity index (χ2v) is 7.02. The van der Waals surface area contributed by atoms with Crippen molar-refractivity contribution in [2.75, 3.05) is 39.9 Å². The van der Waals surface area contributed by atoms with E-state index in [9.17, 15) is 4.79 Å². The molecule has 6 nitrogen and oxygen atoms in total. The third-order valence-electron chi connectivity index (χ3n) is 5.38. The van der Waals surface area contributed by atoms with Crippen LogP contribution in [0.25, 0.3) is 0 Å². The molecule has 2 heterocycles. The fraction of sp³-hybridized carbons (Fsp3) is 0.632. The number of hydrogen-bond acceptors (Lipinski definition) is 4. The Bertz CT molecular complexity index is 581. The van der Waals surface area contributed by atoms with Crippen LogP contribution in [0.1, 0.15) is 24.8 Å². The predicted octanol–water partition coefficient (Wildman–Crippen LogP) is 1.68. The second-order valence-electron chi connectivity index (χ2n) is 7.02. The molecule has 0 aromatic heterocycles. The second kappa shape index (κ2) is 8.54. The minimum atomic E-state index is -0.0223. The number of nitrogens with one attached hydrogen (secondary N) is 1. The molecule has 2 amide bonds. The van der Waals surface area contributed by atoms with Gasteiger partial charge in [-0.1, -0.05) is 18.2 Å². The van der Waals surface area contributed by atoms with Gasteiger partial charge in [0, 0.05) is 31.2 Å². The zero-order valence-electron chi connectivity index (χ0n) is 15.0. The predicted molar refractivity (Wildman–Crippen MR) is 96.6 cm³/mol. The van der Waals surface area contributed by atoms with Crippen LogP contribution in [0.5, 0.6) is 5.75 Å². The van der Waals surface area contributed by atoms with Crippen molar-refractivity contribution in [3.63, 3.8) is 0 Å². The number of para-hydroxylation sites is 1. The number of carbonyl (C=O) groups is 1. The van der Waals surface area contributed by atoms with Gasteiger partial charge in [-0.15, -0.1) is 0 Å². The van der Waals surface area contributed by atoms with Crippen LogP contribution >= 0.6 is 0 Å². The SMILES string of the molecule is CN1CCCC2CN(C(=O)NCc3ccccc3OCCO)CCC21. The number of likely N-dealkylation sites (tertiary alicyclic amines) is 2. The zero-order chi connectivity index (χ0) is 17.6. The Morgan fingerprint density at radius 1 is 1.32 bits per heavy atom. The van der Waals surface area contributed by atoms with Crippen molar-refractivity contribution >= 4 is 6.03 Å². The molecule has 2 saturated heterocycles. The van der Waals surface area contributed by atoms with Crippen molar-refractivity contribution in [3.05, 3.63) is 29.8 Å². The number of carbonyl (C=O) groups excluding carboxylic acids is 1. The van der Waals surface area contributed by atoms with Crippen molar-refractivity contribution in [2.24, 2.45) is 5.92 Å². The standard InChI is InChI=1S/C19H29N3O3/c1-21-9-4-6-16-14-22(10-8-17(16)21)19(24)20-13-15-5-2-3-7-18(15)25-12-11-23/h2-3,5,7,16-17,23H,4,6,8-14H2,1H3,(H,20,24). The summed E-state index contributed by atoms with van der Waals surface area (Å²) in [4.78, 5) is 17.0. The third-order valence-corrected chi connectivity index (χ3v) is 5.38. The van der Waals surface area contributed by atoms with Crippen molar-refractivity contribution < 1.29 is 14.6 Å². The maximum Gasteiger partial charge on any atom is 0.317 e. The van der Waals surface area contributed by atoms with E-state index in [1.807, 2.05) is 29.2 Å². The first-order chi connectivity index (χ1) is 12.2. The van der Waals surface area contributed by atoms with Crippen LogP contribution in [-0.4, -0.2) is 66.9 Å². The van der Waals surface area contributed by atoms with Gasteiger partial charge in [0.05, 0.1) is 6.61 Å². The Kier molecular flexibility index (Phi) is 6.15. The van der Waals surface area contributed by atoms with Gasteiger partial charge in [-0.3, -0.25) is 0 Å². The van der Waals surface area contributed by atoms with Gasteiger partial charge < -0.3 is 25.0 Å². The average Bonchev–Trinajstić information content (AvgIpc) is 2.65. The molecule has 2 unspecified atom stereocenters. The Labute approximate surface area is 149 Å². The fourth-order valence-corrected chi connectivity index (χ4v) is 4.07. The summed E-state index contributed by atoms with van der Waals surface area (Å²) in [5, 5.41) is 11.9. The molecule has 6 heteroatoms. The summed E-state index contributed by atoms with van der Waals surface area (Å²) >= 11 is 0. The number of piperidine rings is 2. The van der Waals surface area contributed by atoms with Crippen LogP contribution in [0.15, 0.2) is 24.3 Å². The molecule has 0 saturated carbocycles. The molecule has 1 aromatic carbocycles. The van der Waals surface area contributed by atoms with Gasteiger partial charge in [0.2, 0.25) is 0 Å². The molecular weight excluding hydrogens is 318 g/mol. The van der Waals surface area contributed by atoms with E-state index in [1.54, 1.807) is 0 Å². The van der Waals surface area contributed by atoms with Gasteiger partial charge >= 0.3 is 6.03 Å². The maximum atomic E-state index is 12.6. The minimum absolute atomic E-state index is 0.00337. The Morgan fingerprint density at radius 2 is 2.16 bits per heavy atom. The summed E-state index contributed by atoms with van der Waals surface area (Å²) in [6.45, 7) is 3.52. The number of aliphatic hydroxyl groups excluding tert-OH is 1. The topological polar surface area (TPSA) is 65.0 Å². The maximum absolute atomic E-state index is 12.6. The number of fused-ring (bicyclic) bond motifs is 1. The van der Waals surface area contributed by atoms with E-state index in [4.69, 9.17) is 9.84 Å². The van der Waals surface area contributed by atoms with Crippen molar-refractivity contribution in [1.29, 1.82) is 0 Å². The number of ether oxygens (including phenoxy) is 1. The van der Waals surface area contributed by atoms with Gasteiger partial charge in [-0.2, -0.15) is 0 Å². The first kappa shape index (κ1) is 18.0. The van der Waals surface area contributed by atoms with Crippen LogP contribution in [0.2, 0.25) is 0 Å². The van der Waals surface area contributed by atoms with E-state index in [-0.39, 0.29) is 19.2 Å². The molecule has 1 aromatic rings. The molecule has 2 atom stereocenters. The van der Waals surface area contributed by atoms with E-state index < -0.39 is 0 Å². The summed E-state index contributed by atoms with van der Waals surface area (Å²) in [6.07, 6.45) is 3.50. The molecule has 138 valence electrons. The van der Waals surface area contributed by atoms with Crippen LogP contribution in [0, 0.1) is 5.92 Å². The van der Waals surface area contributed by atoms with Crippen LogP contribution in [-0.2, 0) is 6.54 Å². The van der Waals surface area contributed by atoms with Crippen LogP contribution < -0.4 is 10.1 Å². The molecule has 0 bridgehead atoms. The zero-order valence-corrected chi connectivity index (χ0v) is 15.0. The van der Waals surface area contributed by atoms with E-state index in [0.717, 1.165) is 25.1 Å². The highest BCUT2D eigenvalue weighted by Crippen LogP contribution is 2.29. The number of rotatable bonds is 5. The van der Waals surface area contributed by atoms with Crippen molar-refractivity contribution in [2.45, 2.75) is 31.8 Å². The lowest BCUT2D eigenvalue weighted by Crippen LogP contribution is -2.55. The molecule has 2 N–H and O–H groups in total. The van der Waals surface area contributed by atoms with Gasteiger partial charge in [-0.25, -0.2) is 4.79 Å². The molecule has 0 aliphatic carbocycles. The van der Waals surface area contributed by atoms with Crippen LogP contribution in [0.4, 0.5) is 4.79 Å². The Hall–Kier alpha value is -1.79. The molecule has 0 spiro atoms. The fourth-order valence-electron chi connectivity index (χ4n) is 4.07. The molecule has 25 heavy (non-hydrogen) atoms. The largest absolute Gasteiger partial charge is 0.491 e. The summed E-state index contributed by atoms with van der Waals surface area (Å²) in [5.74, 6) is 1.31. The third kappa shape index (κ3) is 4.44. The molecule has 2 aliphatic rings. The molecular formula is C19H29N3O3. The van der Waals surface area contributed by atoms with Gasteiger partial charge in [0.1, 0.15) is 12.4 Å². The van der Waals surface area contributed by atoms with Gasteiger partial charge in [0.15, 0.2) is 0 Å². The van der Waals surface area contributed by atoms with E-state index >= 15 is 0 Å². The number of aliphatic hydroxyl groups is 1. The average molecular weight is 347 g/mol.